The van der Waals surface area contributed by atoms with Crippen LogP contribution in [0.15, 0.2) is 36.5 Å². The lowest BCUT2D eigenvalue weighted by Gasteiger charge is -2.11. The van der Waals surface area contributed by atoms with Gasteiger partial charge in [-0.3, -0.25) is 4.98 Å². The number of aliphatic hydroxyl groups excluding tert-OH is 1. The largest absolute Gasteiger partial charge is 0.493 e. The molecule has 0 aliphatic heterocycles. The van der Waals surface area contributed by atoms with E-state index in [1.807, 2.05) is 0 Å². The standard InChI is InChI=1S/C14H14N2O3S/c1-18-13-6-9(8-17)2-3-12(13)19-10-4-5-16-11(7-10)14(15)20/h2-7,17H,8H2,1H3,(H2,15,20). The van der Waals surface area contributed by atoms with Gasteiger partial charge in [0.2, 0.25) is 0 Å². The van der Waals surface area contributed by atoms with Gasteiger partial charge in [-0.2, -0.15) is 0 Å². The molecule has 20 heavy (non-hydrogen) atoms. The summed E-state index contributed by atoms with van der Waals surface area (Å²) in [7, 11) is 1.54. The van der Waals surface area contributed by atoms with Crippen LogP contribution in [0.3, 0.4) is 0 Å². The molecule has 0 aliphatic carbocycles. The van der Waals surface area contributed by atoms with Crippen LogP contribution in [-0.2, 0) is 6.61 Å². The fourth-order valence-electron chi connectivity index (χ4n) is 1.63. The molecule has 2 aromatic rings. The van der Waals surface area contributed by atoms with Crippen molar-refractivity contribution in [1.82, 2.24) is 4.98 Å². The molecule has 0 amide bonds. The normalized spacial score (nSPS) is 10.1. The summed E-state index contributed by atoms with van der Waals surface area (Å²) in [5, 5.41) is 9.10. The van der Waals surface area contributed by atoms with Crippen molar-refractivity contribution in [3.05, 3.63) is 47.8 Å². The number of aromatic nitrogens is 1. The number of methoxy groups -OCH3 is 1. The smallest absolute Gasteiger partial charge is 0.169 e. The van der Waals surface area contributed by atoms with Gasteiger partial charge in [0.15, 0.2) is 11.5 Å². The van der Waals surface area contributed by atoms with E-state index >= 15 is 0 Å². The molecule has 0 unspecified atom stereocenters. The number of pyridine rings is 1. The first-order chi connectivity index (χ1) is 9.63. The number of thiocarbonyl (C=S) groups is 1. The minimum absolute atomic E-state index is 0.0580. The summed E-state index contributed by atoms with van der Waals surface area (Å²) in [6, 6.07) is 8.55. The minimum Gasteiger partial charge on any atom is -0.493 e. The molecular weight excluding hydrogens is 276 g/mol. The lowest BCUT2D eigenvalue weighted by molar-refractivity contribution is 0.280. The van der Waals surface area contributed by atoms with E-state index in [-0.39, 0.29) is 11.6 Å². The first kappa shape index (κ1) is 14.2. The summed E-state index contributed by atoms with van der Waals surface area (Å²) in [6.07, 6.45) is 1.57. The molecule has 1 heterocycles. The lowest BCUT2D eigenvalue weighted by Crippen LogP contribution is -2.11. The Morgan fingerprint density at radius 1 is 1.30 bits per heavy atom. The van der Waals surface area contributed by atoms with E-state index in [1.165, 1.54) is 7.11 Å². The van der Waals surface area contributed by atoms with Crippen molar-refractivity contribution in [2.24, 2.45) is 5.73 Å². The van der Waals surface area contributed by atoms with Crippen molar-refractivity contribution in [3.8, 4) is 17.2 Å². The van der Waals surface area contributed by atoms with Gasteiger partial charge < -0.3 is 20.3 Å². The topological polar surface area (TPSA) is 77.6 Å². The number of nitrogens with zero attached hydrogens (tertiary/aromatic N) is 1. The number of aliphatic hydroxyl groups is 1. The molecule has 0 spiro atoms. The van der Waals surface area contributed by atoms with Gasteiger partial charge in [0.05, 0.1) is 13.7 Å². The van der Waals surface area contributed by atoms with Gasteiger partial charge in [0, 0.05) is 12.3 Å². The predicted octanol–water partition coefficient (Wildman–Crippen LogP) is 2.01. The van der Waals surface area contributed by atoms with Crippen LogP contribution in [0.5, 0.6) is 17.2 Å². The van der Waals surface area contributed by atoms with Gasteiger partial charge in [-0.05, 0) is 23.8 Å². The van der Waals surface area contributed by atoms with E-state index in [0.29, 0.717) is 22.9 Å². The second-order valence-corrected chi connectivity index (χ2v) is 4.43. The Balaban J connectivity index is 2.29. The Morgan fingerprint density at radius 2 is 2.10 bits per heavy atom. The molecule has 0 atom stereocenters. The third kappa shape index (κ3) is 3.23. The summed E-state index contributed by atoms with van der Waals surface area (Å²) in [6.45, 7) is -0.0580. The molecule has 5 nitrogen and oxygen atoms in total. The highest BCUT2D eigenvalue weighted by atomic mass is 32.1. The van der Waals surface area contributed by atoms with E-state index in [1.54, 1.807) is 36.5 Å². The number of ether oxygens (including phenoxy) is 2. The summed E-state index contributed by atoms with van der Waals surface area (Å²) in [4.78, 5) is 4.25. The zero-order valence-corrected chi connectivity index (χ0v) is 11.7. The number of rotatable bonds is 5. The molecule has 2 rings (SSSR count). The first-order valence-corrected chi connectivity index (χ1v) is 6.26. The van der Waals surface area contributed by atoms with Crippen LogP contribution >= 0.6 is 12.2 Å². The van der Waals surface area contributed by atoms with Crippen LogP contribution in [0, 0.1) is 0 Å². The zero-order valence-electron chi connectivity index (χ0n) is 10.9. The first-order valence-electron chi connectivity index (χ1n) is 5.85. The minimum atomic E-state index is -0.0580. The van der Waals surface area contributed by atoms with E-state index in [9.17, 15) is 0 Å². The molecule has 1 aromatic carbocycles. The molecule has 0 saturated heterocycles. The average molecular weight is 290 g/mol. The van der Waals surface area contributed by atoms with E-state index in [0.717, 1.165) is 5.56 Å². The van der Waals surface area contributed by atoms with Crippen molar-refractivity contribution in [2.45, 2.75) is 6.61 Å². The highest BCUT2D eigenvalue weighted by Crippen LogP contribution is 2.32. The Hall–Kier alpha value is -2.18. The Bertz CT molecular complexity index is 632. The molecule has 0 radical (unpaired) electrons. The SMILES string of the molecule is COc1cc(CO)ccc1Oc1ccnc(C(N)=S)c1. The van der Waals surface area contributed by atoms with Crippen LogP contribution < -0.4 is 15.2 Å². The molecule has 0 fully saturated rings. The maximum absolute atomic E-state index is 9.10. The maximum atomic E-state index is 9.10. The number of hydrogen-bond donors (Lipinski definition) is 2. The van der Waals surface area contributed by atoms with E-state index < -0.39 is 0 Å². The Labute approximate surface area is 122 Å². The van der Waals surface area contributed by atoms with Gasteiger partial charge in [-0.25, -0.2) is 0 Å². The summed E-state index contributed by atoms with van der Waals surface area (Å²) in [5.74, 6) is 1.62. The summed E-state index contributed by atoms with van der Waals surface area (Å²) in [5.41, 5.74) is 6.76. The van der Waals surface area contributed by atoms with Crippen molar-refractivity contribution in [2.75, 3.05) is 7.11 Å². The third-order valence-corrected chi connectivity index (χ3v) is 2.83. The molecular formula is C14H14N2O3S. The third-order valence-electron chi connectivity index (χ3n) is 2.62. The van der Waals surface area contributed by atoms with Gasteiger partial charge >= 0.3 is 0 Å². The van der Waals surface area contributed by atoms with Crippen LogP contribution in [0.4, 0.5) is 0 Å². The fraction of sp³-hybridized carbons (Fsp3) is 0.143. The Kier molecular flexibility index (Phi) is 4.49. The van der Waals surface area contributed by atoms with Crippen LogP contribution in [0.1, 0.15) is 11.3 Å². The highest BCUT2D eigenvalue weighted by Gasteiger charge is 2.08. The van der Waals surface area contributed by atoms with Gasteiger partial charge in [0.25, 0.3) is 0 Å². The molecule has 6 heteroatoms. The van der Waals surface area contributed by atoms with Gasteiger partial charge in [-0.15, -0.1) is 0 Å². The predicted molar refractivity (Wildman–Crippen MR) is 79.1 cm³/mol. The van der Waals surface area contributed by atoms with Crippen molar-refractivity contribution in [3.63, 3.8) is 0 Å². The number of nitrogens with two attached hydrogens (primary N) is 1. The summed E-state index contributed by atoms with van der Waals surface area (Å²) >= 11 is 4.87. The van der Waals surface area contributed by atoms with Gasteiger partial charge in [0.1, 0.15) is 16.4 Å². The molecule has 3 N–H and O–H groups in total. The van der Waals surface area contributed by atoms with Gasteiger partial charge in [-0.1, -0.05) is 18.3 Å². The van der Waals surface area contributed by atoms with Crippen LogP contribution in [-0.4, -0.2) is 22.2 Å². The van der Waals surface area contributed by atoms with Crippen LogP contribution in [0.2, 0.25) is 0 Å². The molecule has 0 aliphatic rings. The second kappa shape index (κ2) is 6.31. The van der Waals surface area contributed by atoms with Crippen LogP contribution in [0.25, 0.3) is 0 Å². The highest BCUT2D eigenvalue weighted by molar-refractivity contribution is 7.80. The zero-order chi connectivity index (χ0) is 14.5. The summed E-state index contributed by atoms with van der Waals surface area (Å²) < 4.78 is 11.0. The molecule has 1 aromatic heterocycles. The average Bonchev–Trinajstić information content (AvgIpc) is 2.48. The van der Waals surface area contributed by atoms with Crippen molar-refractivity contribution in [1.29, 1.82) is 0 Å². The Morgan fingerprint density at radius 3 is 2.75 bits per heavy atom. The second-order valence-electron chi connectivity index (χ2n) is 3.99. The molecule has 104 valence electrons. The number of benzene rings is 1. The molecule has 0 bridgehead atoms. The maximum Gasteiger partial charge on any atom is 0.169 e. The van der Waals surface area contributed by atoms with Crippen molar-refractivity contribution >= 4 is 17.2 Å². The van der Waals surface area contributed by atoms with E-state index in [2.05, 4.69) is 4.98 Å². The fourth-order valence-corrected chi connectivity index (χ4v) is 1.74. The number of hydrogen-bond acceptors (Lipinski definition) is 5. The quantitative estimate of drug-likeness (QED) is 0.820. The molecule has 0 saturated carbocycles. The van der Waals surface area contributed by atoms with E-state index in [4.69, 9.17) is 32.5 Å². The monoisotopic (exact) mass is 290 g/mol. The lowest BCUT2D eigenvalue weighted by atomic mass is 10.2. The van der Waals surface area contributed by atoms with Crippen molar-refractivity contribution < 1.29 is 14.6 Å².